The fourth-order valence-electron chi connectivity index (χ4n) is 6.50. The van der Waals surface area contributed by atoms with Crippen molar-refractivity contribution >= 4 is 127 Å². The van der Waals surface area contributed by atoms with E-state index in [9.17, 15) is 48.7 Å². The quantitative estimate of drug-likeness (QED) is 0.0252. The zero-order chi connectivity index (χ0) is 63.0. The van der Waals surface area contributed by atoms with Gasteiger partial charge in [0.2, 0.25) is 0 Å². The van der Waals surface area contributed by atoms with Gasteiger partial charge in [-0.1, -0.05) is 72.8 Å². The van der Waals surface area contributed by atoms with Gasteiger partial charge in [0.25, 0.3) is 0 Å². The number of rotatable bonds is 11. The van der Waals surface area contributed by atoms with Crippen molar-refractivity contribution < 1.29 is 87.9 Å². The van der Waals surface area contributed by atoms with E-state index in [1.807, 2.05) is 127 Å². The number of hydrogen-bond donors (Lipinski definition) is 9. The molecule has 0 atom stereocenters. The fourth-order valence-corrected chi connectivity index (χ4v) is 10.2. The van der Waals surface area contributed by atoms with Crippen LogP contribution in [0.25, 0.3) is 40.5 Å². The first kappa shape index (κ1) is 66.3. The van der Waals surface area contributed by atoms with Gasteiger partial charge in [0.15, 0.2) is 5.78 Å². The van der Waals surface area contributed by atoms with Crippen molar-refractivity contribution in [3.63, 3.8) is 0 Å². The maximum atomic E-state index is 13.1. The Kier molecular flexibility index (Phi) is 22.7. The highest BCUT2D eigenvalue weighted by Crippen LogP contribution is 2.34. The summed E-state index contributed by atoms with van der Waals surface area (Å²) < 4.78 is 124. The highest BCUT2D eigenvalue weighted by Gasteiger charge is 2.39. The lowest BCUT2D eigenvalue weighted by atomic mass is 10.0. The molecule has 6 aromatic carbocycles. The molecule has 0 aliphatic heterocycles. The number of benzene rings is 6. The number of carbonyl (C=O) groups is 4. The maximum absolute atomic E-state index is 13.1. The summed E-state index contributed by atoms with van der Waals surface area (Å²) >= 11 is 6.03. The van der Waals surface area contributed by atoms with Crippen molar-refractivity contribution in [2.45, 2.75) is 31.7 Å². The summed E-state index contributed by atoms with van der Waals surface area (Å²) in [5, 5.41) is 47.8. The molecule has 0 aliphatic carbocycles. The third-order valence-corrected chi connectivity index (χ3v) is 14.7. The average Bonchev–Trinajstić information content (AvgIpc) is 4.23. The molecule has 0 fully saturated rings. The van der Waals surface area contributed by atoms with E-state index in [-0.39, 0.29) is 29.1 Å². The molecule has 0 unspecified atom stereocenters. The number of amidine groups is 3. The van der Waals surface area contributed by atoms with Gasteiger partial charge >= 0.3 is 36.4 Å². The number of thiophene rings is 3. The van der Waals surface area contributed by atoms with Gasteiger partial charge in [0.05, 0.1) is 24.8 Å². The van der Waals surface area contributed by atoms with E-state index < -0.39 is 36.4 Å². The summed E-state index contributed by atoms with van der Waals surface area (Å²) in [6, 6.07) is 46.5. The van der Waals surface area contributed by atoms with Gasteiger partial charge in [0, 0.05) is 30.6 Å². The third-order valence-electron chi connectivity index (χ3n) is 10.3. The van der Waals surface area contributed by atoms with Gasteiger partial charge in [-0.25, -0.2) is 23.8 Å². The van der Waals surface area contributed by atoms with Gasteiger partial charge in [0.1, 0.15) is 53.0 Å². The highest BCUT2D eigenvalue weighted by atomic mass is 32.1. The third kappa shape index (κ3) is 20.1. The number of nitrogens with two attached hydrogens (primary N) is 3. The Hall–Kier alpha value is -9.52. The van der Waals surface area contributed by atoms with Crippen LogP contribution in [0.3, 0.4) is 0 Å². The molecule has 30 heteroatoms. The Morgan fingerprint density at radius 2 is 0.965 bits per heavy atom. The van der Waals surface area contributed by atoms with E-state index in [2.05, 4.69) is 11.1 Å². The van der Waals surface area contributed by atoms with Crippen LogP contribution in [0, 0.1) is 22.0 Å². The lowest BCUT2D eigenvalue weighted by Gasteiger charge is -2.06. The molecule has 16 nitrogen and oxygen atoms in total. The van der Waals surface area contributed by atoms with Crippen LogP contribution in [-0.4, -0.2) is 80.0 Å². The topological polar surface area (TPSA) is 310 Å². The van der Waals surface area contributed by atoms with E-state index in [1.165, 1.54) is 50.8 Å². The smallest absolute Gasteiger partial charge is 0.489 e. The normalized spacial score (nSPS) is 10.9. The Labute approximate surface area is 488 Å². The Morgan fingerprint density at radius 3 is 1.49 bits per heavy atom. The number of ketones is 1. The van der Waals surface area contributed by atoms with E-state index in [4.69, 9.17) is 72.6 Å². The molecular formula is C55H41F10N7O9S4. The van der Waals surface area contributed by atoms with Crippen LogP contribution in [-0.2, 0) is 27.6 Å². The molecule has 10 rings (SSSR count). The number of aliphatic carboxylic acids is 3. The number of fused-ring (bicyclic) bond motifs is 4. The zero-order valence-corrected chi connectivity index (χ0v) is 46.0. The number of carboxylic acid groups (broad SMARTS) is 3. The first-order valence-electron chi connectivity index (χ1n) is 23.3. The first-order chi connectivity index (χ1) is 39.8. The van der Waals surface area contributed by atoms with Crippen LogP contribution >= 0.6 is 45.3 Å². The van der Waals surface area contributed by atoms with Crippen molar-refractivity contribution in [2.24, 2.45) is 17.2 Å². The summed E-state index contributed by atoms with van der Waals surface area (Å²) in [7, 11) is 0. The number of nitrogens with zero attached hydrogens (tertiary/aromatic N) is 1. The standard InChI is InChI=1S/C17H13N3OS2.C16H13FN2OS.C16H12N2OS.3C2HF3O2/c18-17(19)15-8-10-12(5-3-7-13(10)22-15)21-9-16-20-11-4-1-2-6-14(11)23-16;17-12-3-1-2-10(6-12)9-20-13-5-4-11-7-15(16(18)19)21-14(11)8-13;17-16(18)14-8-11-6-7-12(9-13(11)20-14)15(19)10-4-2-1-3-5-10;3*3-2(4,5)1(6)7/h1-8H,9H2,(H3,18,19);1-8H,9H2,(H3,18,19);1-9H,(H3,17,18);3*(H,6,7). The number of halogens is 10. The van der Waals surface area contributed by atoms with Gasteiger partial charge in [-0.2, -0.15) is 39.5 Å². The molecule has 0 bridgehead atoms. The van der Waals surface area contributed by atoms with Gasteiger partial charge < -0.3 is 42.0 Å². The largest absolute Gasteiger partial charge is 0.490 e. The van der Waals surface area contributed by atoms with Crippen LogP contribution in [0.15, 0.2) is 152 Å². The fraction of sp³-hybridized carbons (Fsp3) is 0.0909. The lowest BCUT2D eigenvalue weighted by molar-refractivity contribution is -0.193. The van der Waals surface area contributed by atoms with E-state index in [0.717, 1.165) is 66.7 Å². The number of thiazole rings is 1. The molecule has 85 heavy (non-hydrogen) atoms. The summed E-state index contributed by atoms with van der Waals surface area (Å²) in [5.74, 6) is -6.81. The van der Waals surface area contributed by atoms with Crippen molar-refractivity contribution in [3.8, 4) is 11.5 Å². The number of hydrogen-bond acceptors (Lipinski definition) is 14. The molecule has 0 saturated carbocycles. The minimum absolute atomic E-state index is 0.00488. The van der Waals surface area contributed by atoms with E-state index in [0.29, 0.717) is 30.1 Å². The van der Waals surface area contributed by atoms with E-state index in [1.54, 1.807) is 17.4 Å². The second-order valence-electron chi connectivity index (χ2n) is 16.6. The van der Waals surface area contributed by atoms with Crippen LogP contribution in [0.2, 0.25) is 0 Å². The monoisotopic (exact) mass is 1260 g/mol. The first-order valence-corrected chi connectivity index (χ1v) is 26.5. The van der Waals surface area contributed by atoms with Gasteiger partial charge in [-0.05, 0) is 95.2 Å². The van der Waals surface area contributed by atoms with Gasteiger partial charge in [-0.3, -0.25) is 21.0 Å². The minimum atomic E-state index is -5.08. The molecule has 4 heterocycles. The lowest BCUT2D eigenvalue weighted by Crippen LogP contribution is -2.21. The second kappa shape index (κ2) is 29.1. The summed E-state index contributed by atoms with van der Waals surface area (Å²) in [5.41, 5.74) is 19.7. The molecule has 12 N–H and O–H groups in total. The number of nitrogens with one attached hydrogen (secondary N) is 3. The molecule has 0 saturated heterocycles. The highest BCUT2D eigenvalue weighted by molar-refractivity contribution is 7.21. The molecule has 0 spiro atoms. The van der Waals surface area contributed by atoms with Gasteiger partial charge in [-0.15, -0.1) is 45.3 Å². The van der Waals surface area contributed by atoms with Crippen LogP contribution < -0.4 is 26.7 Å². The SMILES string of the molecule is N=C(N)c1cc2c(OCc3nc4ccccc4s3)cccc2s1.N=C(N)c1cc2ccc(C(=O)c3ccccc3)cc2s1.N=C(N)c1cc2ccc(OCc3cccc(F)c3)cc2s1.O=C(O)C(F)(F)F.O=C(O)C(F)(F)F.O=C(O)C(F)(F)F. The summed E-state index contributed by atoms with van der Waals surface area (Å²) in [6.45, 7) is 0.748. The second-order valence-corrected chi connectivity index (χ2v) is 20.9. The molecule has 0 amide bonds. The molecular weight excluding hydrogens is 1220 g/mol. The Balaban J connectivity index is 0.000000200. The van der Waals surface area contributed by atoms with Crippen molar-refractivity contribution in [2.75, 3.05) is 0 Å². The maximum Gasteiger partial charge on any atom is 0.490 e. The Morgan fingerprint density at radius 1 is 0.482 bits per heavy atom. The molecule has 0 aliphatic rings. The number of para-hydroxylation sites is 1. The van der Waals surface area contributed by atoms with Crippen LogP contribution in [0.4, 0.5) is 43.9 Å². The predicted molar refractivity (Wildman–Crippen MR) is 304 cm³/mol. The van der Waals surface area contributed by atoms with E-state index >= 15 is 0 Å². The molecule has 4 aromatic heterocycles. The number of nitrogen functional groups attached to an aromatic ring is 3. The van der Waals surface area contributed by atoms with Crippen molar-refractivity contribution in [1.29, 1.82) is 16.2 Å². The van der Waals surface area contributed by atoms with Crippen molar-refractivity contribution in [3.05, 3.63) is 194 Å². The molecule has 0 radical (unpaired) electrons. The molecule has 444 valence electrons. The number of aromatic nitrogens is 1. The van der Waals surface area contributed by atoms with Crippen LogP contribution in [0.5, 0.6) is 11.5 Å². The average molecular weight is 1260 g/mol. The van der Waals surface area contributed by atoms with Crippen LogP contribution in [0.1, 0.15) is 41.1 Å². The summed E-state index contributed by atoms with van der Waals surface area (Å²) in [4.78, 5) is 45.9. The number of carboxylic acids is 3. The summed E-state index contributed by atoms with van der Waals surface area (Å²) in [6.07, 6.45) is -15.3. The minimum Gasteiger partial charge on any atom is -0.489 e. The molecule has 10 aromatic rings. The number of alkyl halides is 9. The Bertz CT molecular complexity index is 3940. The number of ether oxygens (including phenoxy) is 2. The zero-order valence-electron chi connectivity index (χ0n) is 42.7. The predicted octanol–water partition coefficient (Wildman–Crippen LogP) is 13.6. The van der Waals surface area contributed by atoms with Crippen molar-refractivity contribution in [1.82, 2.24) is 4.98 Å². The number of carbonyl (C=O) groups excluding carboxylic acids is 1.